The fraction of sp³-hybridized carbons (Fsp3) is 0.167. The summed E-state index contributed by atoms with van der Waals surface area (Å²) in [6, 6.07) is 24.4. The van der Waals surface area contributed by atoms with Gasteiger partial charge in [0, 0.05) is 13.5 Å². The molecule has 0 radical (unpaired) electrons. The molecule has 1 N–H and O–H groups in total. The van der Waals surface area contributed by atoms with Crippen LogP contribution >= 0.6 is 0 Å². The summed E-state index contributed by atoms with van der Waals surface area (Å²) in [6.45, 7) is 3.81. The fourth-order valence-corrected chi connectivity index (χ4v) is 2.91. The summed E-state index contributed by atoms with van der Waals surface area (Å²) < 4.78 is 5.88. The third kappa shape index (κ3) is 5.69. The number of carbonyl (C=O) groups excluding carboxylic acids is 2. The molecule has 0 aromatic heterocycles. The van der Waals surface area contributed by atoms with E-state index in [9.17, 15) is 9.59 Å². The summed E-state index contributed by atoms with van der Waals surface area (Å²) in [5.74, 6) is 0.787. The number of para-hydroxylation sites is 3. The van der Waals surface area contributed by atoms with Crippen LogP contribution in [0.25, 0.3) is 0 Å². The van der Waals surface area contributed by atoms with Crippen molar-refractivity contribution in [2.45, 2.75) is 20.4 Å². The van der Waals surface area contributed by atoms with Gasteiger partial charge in [-0.15, -0.1) is 0 Å². The number of amides is 2. The van der Waals surface area contributed by atoms with Crippen molar-refractivity contribution in [1.29, 1.82) is 0 Å². The summed E-state index contributed by atoms with van der Waals surface area (Å²) in [4.78, 5) is 26.2. The van der Waals surface area contributed by atoms with E-state index in [2.05, 4.69) is 5.32 Å². The second-order valence-electron chi connectivity index (χ2n) is 6.76. The van der Waals surface area contributed by atoms with Crippen molar-refractivity contribution in [2.24, 2.45) is 0 Å². The minimum absolute atomic E-state index is 0.0384. The lowest BCUT2D eigenvalue weighted by atomic mass is 10.1. The van der Waals surface area contributed by atoms with Crippen LogP contribution in [0, 0.1) is 6.92 Å². The molecule has 0 aliphatic rings. The highest BCUT2D eigenvalue weighted by molar-refractivity contribution is 5.95. The van der Waals surface area contributed by atoms with Gasteiger partial charge in [0.25, 0.3) is 0 Å². The Balaban J connectivity index is 1.69. The third-order valence-corrected chi connectivity index (χ3v) is 4.53. The van der Waals surface area contributed by atoms with Gasteiger partial charge in [0.05, 0.1) is 5.69 Å². The van der Waals surface area contributed by atoms with Gasteiger partial charge in [-0.25, -0.2) is 0 Å². The monoisotopic (exact) mass is 388 g/mol. The van der Waals surface area contributed by atoms with Gasteiger partial charge >= 0.3 is 0 Å². The number of carbonyl (C=O) groups is 2. The van der Waals surface area contributed by atoms with E-state index < -0.39 is 0 Å². The Labute approximate surface area is 170 Å². The summed E-state index contributed by atoms with van der Waals surface area (Å²) in [5, 5.41) is 2.86. The van der Waals surface area contributed by atoms with E-state index in [-0.39, 0.29) is 18.4 Å². The van der Waals surface area contributed by atoms with Crippen molar-refractivity contribution in [3.05, 3.63) is 90.0 Å². The van der Waals surface area contributed by atoms with Gasteiger partial charge in [0.15, 0.2) is 5.75 Å². The molecule has 5 heteroatoms. The first-order valence-electron chi connectivity index (χ1n) is 9.45. The molecule has 0 heterocycles. The van der Waals surface area contributed by atoms with Crippen LogP contribution in [0.4, 0.5) is 5.69 Å². The van der Waals surface area contributed by atoms with Gasteiger partial charge in [-0.1, -0.05) is 54.6 Å². The van der Waals surface area contributed by atoms with Crippen LogP contribution in [0.5, 0.6) is 11.5 Å². The molecule has 0 aliphatic carbocycles. The number of rotatable bonds is 7. The first-order valence-corrected chi connectivity index (χ1v) is 9.45. The van der Waals surface area contributed by atoms with E-state index in [1.807, 2.05) is 73.7 Å². The van der Waals surface area contributed by atoms with Crippen LogP contribution in [0.15, 0.2) is 78.9 Å². The topological polar surface area (TPSA) is 58.6 Å². The molecule has 0 atom stereocenters. The lowest BCUT2D eigenvalue weighted by Gasteiger charge is -2.22. The van der Waals surface area contributed by atoms with E-state index in [0.29, 0.717) is 23.7 Å². The number of nitrogens with zero attached hydrogens (tertiary/aromatic N) is 1. The van der Waals surface area contributed by atoms with Crippen LogP contribution in [-0.2, 0) is 16.1 Å². The second-order valence-corrected chi connectivity index (χ2v) is 6.76. The highest BCUT2D eigenvalue weighted by Gasteiger charge is 2.16. The molecule has 2 amide bonds. The van der Waals surface area contributed by atoms with Gasteiger partial charge in [-0.3, -0.25) is 9.59 Å². The molecule has 5 nitrogen and oxygen atoms in total. The molecule has 0 bridgehead atoms. The average Bonchev–Trinajstić information content (AvgIpc) is 2.71. The third-order valence-electron chi connectivity index (χ3n) is 4.53. The molecule has 0 saturated carbocycles. The molecule has 3 aromatic rings. The number of benzene rings is 3. The van der Waals surface area contributed by atoms with E-state index >= 15 is 0 Å². The zero-order valence-corrected chi connectivity index (χ0v) is 16.6. The number of hydrogen-bond acceptors (Lipinski definition) is 3. The second kappa shape index (κ2) is 9.55. The van der Waals surface area contributed by atoms with E-state index in [1.165, 1.54) is 11.8 Å². The predicted molar refractivity (Wildman–Crippen MR) is 114 cm³/mol. The normalized spacial score (nSPS) is 10.3. The molecule has 148 valence electrons. The maximum absolute atomic E-state index is 12.6. The molecule has 3 rings (SSSR count). The van der Waals surface area contributed by atoms with E-state index in [0.717, 1.165) is 11.1 Å². The van der Waals surface area contributed by atoms with Crippen LogP contribution in [0.3, 0.4) is 0 Å². The molecule has 0 fully saturated rings. The van der Waals surface area contributed by atoms with Crippen LogP contribution in [0.1, 0.15) is 18.1 Å². The Morgan fingerprint density at radius 3 is 2.28 bits per heavy atom. The Morgan fingerprint density at radius 2 is 1.55 bits per heavy atom. The molecule has 0 aliphatic heterocycles. The van der Waals surface area contributed by atoms with Crippen LogP contribution < -0.4 is 10.1 Å². The van der Waals surface area contributed by atoms with Crippen molar-refractivity contribution >= 4 is 17.5 Å². The Morgan fingerprint density at radius 1 is 0.897 bits per heavy atom. The standard InChI is InChI=1S/C24H24N2O3/c1-18-10-6-7-11-20(18)16-26(19(2)27)17-24(28)25-22-14-8-9-15-23(22)29-21-12-4-3-5-13-21/h3-15H,16-17H2,1-2H3,(H,25,28). The average molecular weight is 388 g/mol. The van der Waals surface area contributed by atoms with Crippen molar-refractivity contribution in [1.82, 2.24) is 4.90 Å². The molecule has 3 aromatic carbocycles. The lowest BCUT2D eigenvalue weighted by Crippen LogP contribution is -2.36. The quantitative estimate of drug-likeness (QED) is 0.634. The lowest BCUT2D eigenvalue weighted by molar-refractivity contribution is -0.133. The van der Waals surface area contributed by atoms with Crippen LogP contribution in [0.2, 0.25) is 0 Å². The first-order chi connectivity index (χ1) is 14.0. The minimum atomic E-state index is -0.280. The summed E-state index contributed by atoms with van der Waals surface area (Å²) in [5.41, 5.74) is 2.66. The van der Waals surface area contributed by atoms with Crippen molar-refractivity contribution in [3.63, 3.8) is 0 Å². The molecular weight excluding hydrogens is 364 g/mol. The minimum Gasteiger partial charge on any atom is -0.455 e. The molecule has 0 spiro atoms. The number of anilines is 1. The number of hydrogen-bond donors (Lipinski definition) is 1. The molecule has 0 saturated heterocycles. The first kappa shape index (κ1) is 20.1. The summed E-state index contributed by atoms with van der Waals surface area (Å²) in [6.07, 6.45) is 0. The number of aryl methyl sites for hydroxylation is 1. The van der Waals surface area contributed by atoms with Crippen molar-refractivity contribution < 1.29 is 14.3 Å². The summed E-state index contributed by atoms with van der Waals surface area (Å²) >= 11 is 0. The smallest absolute Gasteiger partial charge is 0.244 e. The number of ether oxygens (including phenoxy) is 1. The summed E-state index contributed by atoms with van der Waals surface area (Å²) in [7, 11) is 0. The molecule has 29 heavy (non-hydrogen) atoms. The van der Waals surface area contributed by atoms with Crippen molar-refractivity contribution in [3.8, 4) is 11.5 Å². The van der Waals surface area contributed by atoms with E-state index in [1.54, 1.807) is 12.1 Å². The van der Waals surface area contributed by atoms with Gasteiger partial charge in [-0.05, 0) is 42.3 Å². The SMILES string of the molecule is CC(=O)N(CC(=O)Nc1ccccc1Oc1ccccc1)Cc1ccccc1C. The predicted octanol–water partition coefficient (Wildman–Crippen LogP) is 4.77. The fourth-order valence-electron chi connectivity index (χ4n) is 2.91. The van der Waals surface area contributed by atoms with Crippen molar-refractivity contribution in [2.75, 3.05) is 11.9 Å². The zero-order valence-electron chi connectivity index (χ0n) is 16.6. The van der Waals surface area contributed by atoms with Crippen LogP contribution in [-0.4, -0.2) is 23.3 Å². The molecule has 0 unspecified atom stereocenters. The van der Waals surface area contributed by atoms with Gasteiger partial charge in [0.1, 0.15) is 12.3 Å². The highest BCUT2D eigenvalue weighted by atomic mass is 16.5. The maximum atomic E-state index is 12.6. The zero-order chi connectivity index (χ0) is 20.6. The van der Waals surface area contributed by atoms with E-state index in [4.69, 9.17) is 4.74 Å². The Bertz CT molecular complexity index is 986. The van der Waals surface area contributed by atoms with Gasteiger partial charge in [-0.2, -0.15) is 0 Å². The number of nitrogens with one attached hydrogen (secondary N) is 1. The maximum Gasteiger partial charge on any atom is 0.244 e. The van der Waals surface area contributed by atoms with Gasteiger partial charge < -0.3 is 15.0 Å². The van der Waals surface area contributed by atoms with Gasteiger partial charge in [0.2, 0.25) is 11.8 Å². The largest absolute Gasteiger partial charge is 0.455 e. The molecular formula is C24H24N2O3. The highest BCUT2D eigenvalue weighted by Crippen LogP contribution is 2.29. The Kier molecular flexibility index (Phi) is 6.63. The Hall–Kier alpha value is -3.60.